The fraction of sp³-hybridized carbons (Fsp3) is 0.476. The Labute approximate surface area is 166 Å². The zero-order valence-corrected chi connectivity index (χ0v) is 17.1. The standard InChI is InChI=1S/C21H30N4OS/c1-3-22-21(23-15-19-8-5-13-27-19)24-16-20(25-9-11-26-12-10-25)18-7-4-6-17(2)14-18/h4-8,13-14,20H,3,9-12,15-16H2,1-2H3,(H2,22,23,24). The SMILES string of the molecule is CCNC(=NCc1cccs1)NCC(c1cccc(C)c1)N1CCOCC1. The number of aliphatic imine (C=N–C) groups is 1. The van der Waals surface area contributed by atoms with Crippen molar-refractivity contribution in [1.82, 2.24) is 15.5 Å². The Morgan fingerprint density at radius 3 is 2.78 bits per heavy atom. The molecule has 0 spiro atoms. The zero-order chi connectivity index (χ0) is 18.9. The molecule has 146 valence electrons. The summed E-state index contributed by atoms with van der Waals surface area (Å²) < 4.78 is 5.56. The highest BCUT2D eigenvalue weighted by Gasteiger charge is 2.23. The molecule has 0 radical (unpaired) electrons. The van der Waals surface area contributed by atoms with E-state index in [4.69, 9.17) is 9.73 Å². The number of guanidine groups is 1. The summed E-state index contributed by atoms with van der Waals surface area (Å²) in [6.45, 7) is 10.2. The van der Waals surface area contributed by atoms with Gasteiger partial charge in [0.25, 0.3) is 0 Å². The van der Waals surface area contributed by atoms with Gasteiger partial charge in [-0.25, -0.2) is 4.99 Å². The van der Waals surface area contributed by atoms with Crippen molar-refractivity contribution in [3.05, 3.63) is 57.8 Å². The third-order valence-electron chi connectivity index (χ3n) is 4.69. The van der Waals surface area contributed by atoms with Crippen molar-refractivity contribution in [1.29, 1.82) is 0 Å². The lowest BCUT2D eigenvalue weighted by Crippen LogP contribution is -2.46. The van der Waals surface area contributed by atoms with E-state index < -0.39 is 0 Å². The van der Waals surface area contributed by atoms with Crippen molar-refractivity contribution in [2.75, 3.05) is 39.4 Å². The van der Waals surface area contributed by atoms with Crippen molar-refractivity contribution in [2.24, 2.45) is 4.99 Å². The van der Waals surface area contributed by atoms with E-state index in [1.807, 2.05) is 0 Å². The number of hydrogen-bond acceptors (Lipinski definition) is 4. The molecule has 1 saturated heterocycles. The van der Waals surface area contributed by atoms with E-state index in [-0.39, 0.29) is 0 Å². The molecule has 1 aliphatic rings. The number of aryl methyl sites for hydroxylation is 1. The number of ether oxygens (including phenoxy) is 1. The number of rotatable bonds is 7. The molecule has 1 aromatic heterocycles. The summed E-state index contributed by atoms with van der Waals surface area (Å²) in [5.74, 6) is 0.872. The van der Waals surface area contributed by atoms with E-state index in [2.05, 4.69) is 71.2 Å². The molecule has 1 aliphatic heterocycles. The summed E-state index contributed by atoms with van der Waals surface area (Å²) in [5.41, 5.74) is 2.64. The van der Waals surface area contributed by atoms with Gasteiger partial charge in [-0.3, -0.25) is 4.90 Å². The van der Waals surface area contributed by atoms with Gasteiger partial charge in [0.15, 0.2) is 5.96 Å². The van der Waals surface area contributed by atoms with E-state index in [0.29, 0.717) is 12.6 Å². The van der Waals surface area contributed by atoms with Crippen LogP contribution in [0.1, 0.15) is 29.0 Å². The highest BCUT2D eigenvalue weighted by molar-refractivity contribution is 7.09. The van der Waals surface area contributed by atoms with Gasteiger partial charge in [0, 0.05) is 31.1 Å². The van der Waals surface area contributed by atoms with Crippen LogP contribution in [0.25, 0.3) is 0 Å². The summed E-state index contributed by atoms with van der Waals surface area (Å²) in [7, 11) is 0. The maximum atomic E-state index is 5.56. The van der Waals surface area contributed by atoms with Crippen LogP contribution in [0.2, 0.25) is 0 Å². The van der Waals surface area contributed by atoms with Crippen molar-refractivity contribution in [3.8, 4) is 0 Å². The molecule has 5 nitrogen and oxygen atoms in total. The zero-order valence-electron chi connectivity index (χ0n) is 16.3. The van der Waals surface area contributed by atoms with Gasteiger partial charge in [0.05, 0.1) is 25.8 Å². The van der Waals surface area contributed by atoms with Gasteiger partial charge in [-0.2, -0.15) is 0 Å². The van der Waals surface area contributed by atoms with E-state index >= 15 is 0 Å². The second kappa shape index (κ2) is 10.4. The number of nitrogens with zero attached hydrogens (tertiary/aromatic N) is 2. The Kier molecular flexibility index (Phi) is 7.68. The average Bonchev–Trinajstić information content (AvgIpc) is 3.21. The van der Waals surface area contributed by atoms with Gasteiger partial charge in [-0.1, -0.05) is 35.9 Å². The Morgan fingerprint density at radius 2 is 2.07 bits per heavy atom. The summed E-state index contributed by atoms with van der Waals surface area (Å²) in [5, 5.41) is 9.02. The van der Waals surface area contributed by atoms with Crippen LogP contribution in [0, 0.1) is 6.92 Å². The van der Waals surface area contributed by atoms with E-state index in [9.17, 15) is 0 Å². The molecule has 1 aromatic carbocycles. The molecule has 1 atom stereocenters. The first-order valence-corrected chi connectivity index (χ1v) is 10.6. The molecular formula is C21H30N4OS. The molecular weight excluding hydrogens is 356 g/mol. The van der Waals surface area contributed by atoms with Gasteiger partial charge >= 0.3 is 0 Å². The largest absolute Gasteiger partial charge is 0.379 e. The van der Waals surface area contributed by atoms with E-state index in [1.54, 1.807) is 11.3 Å². The lowest BCUT2D eigenvalue weighted by molar-refractivity contribution is 0.0170. The molecule has 2 aromatic rings. The molecule has 27 heavy (non-hydrogen) atoms. The van der Waals surface area contributed by atoms with Crippen molar-refractivity contribution < 1.29 is 4.74 Å². The molecule has 0 aliphatic carbocycles. The molecule has 0 saturated carbocycles. The summed E-state index contributed by atoms with van der Waals surface area (Å²) in [6, 6.07) is 13.3. The van der Waals surface area contributed by atoms with Gasteiger partial charge in [0.1, 0.15) is 0 Å². The Hall–Kier alpha value is -1.89. The molecule has 1 unspecified atom stereocenters. The van der Waals surface area contributed by atoms with E-state index in [0.717, 1.165) is 45.4 Å². The molecule has 0 bridgehead atoms. The van der Waals surface area contributed by atoms with E-state index in [1.165, 1.54) is 16.0 Å². The van der Waals surface area contributed by atoms with Crippen molar-refractivity contribution >= 4 is 17.3 Å². The first-order valence-electron chi connectivity index (χ1n) is 9.69. The number of thiophene rings is 1. The van der Waals surface area contributed by atoms with Gasteiger partial charge < -0.3 is 15.4 Å². The molecule has 0 amide bonds. The molecule has 3 rings (SSSR count). The summed E-state index contributed by atoms with van der Waals surface area (Å²) in [4.78, 5) is 8.53. The monoisotopic (exact) mass is 386 g/mol. The Bertz CT molecular complexity index is 711. The minimum Gasteiger partial charge on any atom is -0.379 e. The van der Waals surface area contributed by atoms with Crippen LogP contribution >= 0.6 is 11.3 Å². The highest BCUT2D eigenvalue weighted by Crippen LogP contribution is 2.22. The second-order valence-corrected chi connectivity index (χ2v) is 7.77. The first-order chi connectivity index (χ1) is 13.3. The van der Waals surface area contributed by atoms with Crippen molar-refractivity contribution in [2.45, 2.75) is 26.4 Å². The minimum atomic E-state index is 0.305. The average molecular weight is 387 g/mol. The van der Waals surface area contributed by atoms with Crippen LogP contribution in [0.5, 0.6) is 0 Å². The van der Waals surface area contributed by atoms with Crippen molar-refractivity contribution in [3.63, 3.8) is 0 Å². The predicted molar refractivity (Wildman–Crippen MR) is 113 cm³/mol. The minimum absolute atomic E-state index is 0.305. The fourth-order valence-corrected chi connectivity index (χ4v) is 3.95. The smallest absolute Gasteiger partial charge is 0.191 e. The molecule has 6 heteroatoms. The molecule has 1 fully saturated rings. The second-order valence-electron chi connectivity index (χ2n) is 6.73. The number of morpholine rings is 1. The quantitative estimate of drug-likeness (QED) is 0.567. The van der Waals surface area contributed by atoms with Crippen LogP contribution in [-0.2, 0) is 11.3 Å². The fourth-order valence-electron chi connectivity index (χ4n) is 3.32. The Morgan fingerprint density at radius 1 is 1.22 bits per heavy atom. The van der Waals surface area contributed by atoms with Gasteiger partial charge in [0.2, 0.25) is 0 Å². The first kappa shape index (κ1) is 19.9. The third-order valence-corrected chi connectivity index (χ3v) is 5.55. The van der Waals surface area contributed by atoms with Crippen LogP contribution in [0.15, 0.2) is 46.8 Å². The number of hydrogen-bond donors (Lipinski definition) is 2. The predicted octanol–water partition coefficient (Wildman–Crippen LogP) is 3.19. The maximum absolute atomic E-state index is 5.56. The summed E-state index contributed by atoms with van der Waals surface area (Å²) >= 11 is 1.74. The van der Waals surface area contributed by atoms with Crippen LogP contribution in [-0.4, -0.2) is 50.3 Å². The number of benzene rings is 1. The third kappa shape index (κ3) is 6.06. The Balaban J connectivity index is 1.70. The van der Waals surface area contributed by atoms with Gasteiger partial charge in [-0.15, -0.1) is 11.3 Å². The topological polar surface area (TPSA) is 48.9 Å². The highest BCUT2D eigenvalue weighted by atomic mass is 32.1. The summed E-state index contributed by atoms with van der Waals surface area (Å²) in [6.07, 6.45) is 0. The van der Waals surface area contributed by atoms with Crippen LogP contribution in [0.3, 0.4) is 0 Å². The van der Waals surface area contributed by atoms with Crippen LogP contribution in [0.4, 0.5) is 0 Å². The number of nitrogens with one attached hydrogen (secondary N) is 2. The van der Waals surface area contributed by atoms with Crippen LogP contribution < -0.4 is 10.6 Å². The molecule has 2 N–H and O–H groups in total. The maximum Gasteiger partial charge on any atom is 0.191 e. The lowest BCUT2D eigenvalue weighted by Gasteiger charge is -2.35. The van der Waals surface area contributed by atoms with Gasteiger partial charge in [-0.05, 0) is 30.9 Å². The lowest BCUT2D eigenvalue weighted by atomic mass is 10.0. The molecule has 2 heterocycles. The normalized spacial score (nSPS) is 16.9.